The predicted molar refractivity (Wildman–Crippen MR) is 103 cm³/mol. The molecule has 0 aromatic carbocycles. The summed E-state index contributed by atoms with van der Waals surface area (Å²) in [6.07, 6.45) is 5.47. The lowest BCUT2D eigenvalue weighted by Gasteiger charge is -2.04. The van der Waals surface area contributed by atoms with Gasteiger partial charge < -0.3 is 21.0 Å². The third-order valence-corrected chi connectivity index (χ3v) is 3.77. The molecular weight excluding hydrogens is 348 g/mol. The molecule has 0 aliphatic heterocycles. The van der Waals surface area contributed by atoms with Crippen LogP contribution in [-0.4, -0.2) is 46.0 Å². The van der Waals surface area contributed by atoms with Crippen molar-refractivity contribution in [3.8, 4) is 0 Å². The number of imidazole rings is 2. The number of aromatic amines is 2. The number of hydrogen-bond acceptors (Lipinski definition) is 8. The van der Waals surface area contributed by atoms with Gasteiger partial charge in [-0.2, -0.15) is 4.98 Å². The van der Waals surface area contributed by atoms with E-state index in [4.69, 9.17) is 5.73 Å². The van der Waals surface area contributed by atoms with Gasteiger partial charge in [-0.15, -0.1) is 6.58 Å². The molecule has 11 heteroatoms. The summed E-state index contributed by atoms with van der Waals surface area (Å²) in [7, 11) is 1.56. The van der Waals surface area contributed by atoms with E-state index in [9.17, 15) is 4.79 Å². The molecule has 0 fully saturated rings. The van der Waals surface area contributed by atoms with Crippen LogP contribution in [0.25, 0.3) is 22.3 Å². The molecular formula is C16H20N10O. The smallest absolute Gasteiger partial charge is 0.280 e. The topological polar surface area (TPSA) is 156 Å². The SMILES string of the molecule is C=C(C)CCNc1ncnc2nc[nH]c12.Cn1c(N)nc2nc[nH]c2c1=O. The molecule has 0 radical (unpaired) electrons. The van der Waals surface area contributed by atoms with Gasteiger partial charge in [-0.05, 0) is 13.3 Å². The quantitative estimate of drug-likeness (QED) is 0.388. The molecule has 4 heterocycles. The molecule has 0 spiro atoms. The Morgan fingerprint density at radius 3 is 2.63 bits per heavy atom. The number of H-pyrrole nitrogens is 2. The van der Waals surface area contributed by atoms with Crippen molar-refractivity contribution in [1.82, 2.24) is 39.5 Å². The van der Waals surface area contributed by atoms with Crippen molar-refractivity contribution in [3.05, 3.63) is 41.5 Å². The highest BCUT2D eigenvalue weighted by Crippen LogP contribution is 2.14. The van der Waals surface area contributed by atoms with E-state index in [1.165, 1.54) is 17.2 Å². The second kappa shape index (κ2) is 7.64. The van der Waals surface area contributed by atoms with Crippen LogP contribution in [-0.2, 0) is 7.05 Å². The molecule has 5 N–H and O–H groups in total. The van der Waals surface area contributed by atoms with Crippen molar-refractivity contribution in [3.63, 3.8) is 0 Å². The van der Waals surface area contributed by atoms with Gasteiger partial charge in [-0.1, -0.05) is 5.57 Å². The minimum Gasteiger partial charge on any atom is -0.369 e. The normalized spacial score (nSPS) is 10.6. The van der Waals surface area contributed by atoms with Crippen molar-refractivity contribution >= 4 is 34.1 Å². The molecule has 140 valence electrons. The van der Waals surface area contributed by atoms with Crippen LogP contribution in [0.2, 0.25) is 0 Å². The Bertz CT molecular complexity index is 1140. The van der Waals surface area contributed by atoms with Crippen LogP contribution in [0, 0.1) is 0 Å². The molecule has 4 aromatic heterocycles. The number of hydrogen-bond donors (Lipinski definition) is 4. The summed E-state index contributed by atoms with van der Waals surface area (Å²) in [4.78, 5) is 37.0. The summed E-state index contributed by atoms with van der Waals surface area (Å²) >= 11 is 0. The van der Waals surface area contributed by atoms with Crippen molar-refractivity contribution < 1.29 is 0 Å². The summed E-state index contributed by atoms with van der Waals surface area (Å²) in [5.41, 5.74) is 8.65. The molecule has 4 aromatic rings. The van der Waals surface area contributed by atoms with Crippen LogP contribution in [0.1, 0.15) is 13.3 Å². The highest BCUT2D eigenvalue weighted by atomic mass is 16.1. The molecule has 0 saturated carbocycles. The average molecular weight is 368 g/mol. The van der Waals surface area contributed by atoms with Crippen LogP contribution in [0.3, 0.4) is 0 Å². The van der Waals surface area contributed by atoms with Crippen LogP contribution in [0.5, 0.6) is 0 Å². The van der Waals surface area contributed by atoms with E-state index in [1.807, 2.05) is 6.92 Å². The number of anilines is 2. The van der Waals surface area contributed by atoms with Crippen molar-refractivity contribution in [2.45, 2.75) is 13.3 Å². The van der Waals surface area contributed by atoms with Crippen molar-refractivity contribution in [2.24, 2.45) is 7.05 Å². The Balaban J connectivity index is 0.000000159. The summed E-state index contributed by atoms with van der Waals surface area (Å²) in [5.74, 6) is 0.957. The Hall–Kier alpha value is -3.76. The van der Waals surface area contributed by atoms with Crippen molar-refractivity contribution in [1.29, 1.82) is 0 Å². The van der Waals surface area contributed by atoms with E-state index in [0.29, 0.717) is 16.8 Å². The zero-order valence-electron chi connectivity index (χ0n) is 15.0. The lowest BCUT2D eigenvalue weighted by atomic mass is 10.2. The predicted octanol–water partition coefficient (Wildman–Crippen LogP) is 0.970. The number of nitrogens with zero attached hydrogens (tertiary/aromatic N) is 6. The van der Waals surface area contributed by atoms with Crippen LogP contribution in [0.15, 0.2) is 35.9 Å². The lowest BCUT2D eigenvalue weighted by Crippen LogP contribution is -2.21. The van der Waals surface area contributed by atoms with E-state index in [1.54, 1.807) is 13.4 Å². The Morgan fingerprint density at radius 2 is 1.89 bits per heavy atom. The van der Waals surface area contributed by atoms with E-state index < -0.39 is 0 Å². The summed E-state index contributed by atoms with van der Waals surface area (Å²) in [6.45, 7) is 6.67. The number of nitrogens with one attached hydrogen (secondary N) is 3. The third-order valence-electron chi connectivity index (χ3n) is 3.77. The first kappa shape index (κ1) is 18.0. The van der Waals surface area contributed by atoms with E-state index in [0.717, 1.165) is 29.9 Å². The largest absolute Gasteiger partial charge is 0.369 e. The summed E-state index contributed by atoms with van der Waals surface area (Å²) in [5, 5.41) is 3.22. The molecule has 0 aliphatic rings. The number of aromatic nitrogens is 8. The number of nitrogen functional groups attached to an aromatic ring is 1. The molecule has 0 amide bonds. The van der Waals surface area contributed by atoms with Gasteiger partial charge in [0, 0.05) is 13.6 Å². The Morgan fingerprint density at radius 1 is 1.19 bits per heavy atom. The second-order valence-corrected chi connectivity index (χ2v) is 5.89. The first-order valence-corrected chi connectivity index (χ1v) is 8.15. The number of fused-ring (bicyclic) bond motifs is 2. The van der Waals surface area contributed by atoms with Gasteiger partial charge in [-0.25, -0.2) is 19.9 Å². The second-order valence-electron chi connectivity index (χ2n) is 5.89. The molecule has 0 atom stereocenters. The molecule has 0 unspecified atom stereocenters. The molecule has 4 rings (SSSR count). The van der Waals surface area contributed by atoms with Gasteiger partial charge in [0.1, 0.15) is 11.8 Å². The molecule has 0 aliphatic carbocycles. The Labute approximate surface area is 153 Å². The first-order valence-electron chi connectivity index (χ1n) is 8.15. The van der Waals surface area contributed by atoms with Gasteiger partial charge in [0.15, 0.2) is 22.6 Å². The van der Waals surface area contributed by atoms with Gasteiger partial charge in [0.25, 0.3) is 5.56 Å². The fourth-order valence-corrected chi connectivity index (χ4v) is 2.28. The standard InChI is InChI=1S/C10H13N5.C6H7N5O/c1-7(2)3-4-11-9-8-10(13-5-12-8)15-6-14-9;1-11-5(12)3-4(9-2-8-3)10-6(11)7/h5-6H,1,3-4H2,2H3,(H2,11,12,13,14,15);2H,1H3,(H2,7,10)(H,8,9). The first-order chi connectivity index (χ1) is 13.0. The van der Waals surface area contributed by atoms with Crippen molar-refractivity contribution in [2.75, 3.05) is 17.6 Å². The minimum absolute atomic E-state index is 0.166. The van der Waals surface area contributed by atoms with Crippen LogP contribution >= 0.6 is 0 Å². The van der Waals surface area contributed by atoms with Gasteiger partial charge in [-0.3, -0.25) is 9.36 Å². The van der Waals surface area contributed by atoms with E-state index >= 15 is 0 Å². The zero-order chi connectivity index (χ0) is 19.4. The molecule has 11 nitrogen and oxygen atoms in total. The molecule has 27 heavy (non-hydrogen) atoms. The highest BCUT2D eigenvalue weighted by Gasteiger charge is 2.06. The molecule has 0 bridgehead atoms. The van der Waals surface area contributed by atoms with Gasteiger partial charge >= 0.3 is 0 Å². The maximum Gasteiger partial charge on any atom is 0.280 e. The van der Waals surface area contributed by atoms with E-state index in [2.05, 4.69) is 46.8 Å². The van der Waals surface area contributed by atoms with Crippen LogP contribution < -0.4 is 16.6 Å². The van der Waals surface area contributed by atoms with E-state index in [-0.39, 0.29) is 11.5 Å². The van der Waals surface area contributed by atoms with Gasteiger partial charge in [0.2, 0.25) is 5.95 Å². The molecule has 0 saturated heterocycles. The fourth-order valence-electron chi connectivity index (χ4n) is 2.28. The fraction of sp³-hybridized carbons (Fsp3) is 0.250. The average Bonchev–Trinajstić information content (AvgIpc) is 3.29. The lowest BCUT2D eigenvalue weighted by molar-refractivity contribution is 0.858. The minimum atomic E-state index is -0.213. The summed E-state index contributed by atoms with van der Waals surface area (Å²) < 4.78 is 1.26. The maximum atomic E-state index is 11.4. The van der Waals surface area contributed by atoms with Crippen LogP contribution in [0.4, 0.5) is 11.8 Å². The maximum absolute atomic E-state index is 11.4. The third kappa shape index (κ3) is 3.92. The monoisotopic (exact) mass is 368 g/mol. The Kier molecular flexibility index (Phi) is 5.11. The van der Waals surface area contributed by atoms with Gasteiger partial charge in [0.05, 0.1) is 12.7 Å². The number of rotatable bonds is 4. The number of nitrogens with two attached hydrogens (primary N) is 1. The summed E-state index contributed by atoms with van der Waals surface area (Å²) in [6, 6.07) is 0. The zero-order valence-corrected chi connectivity index (χ0v) is 15.0. The highest BCUT2D eigenvalue weighted by molar-refractivity contribution is 5.81.